The van der Waals surface area contributed by atoms with Crippen molar-refractivity contribution >= 4 is 23.2 Å². The molecule has 0 radical (unpaired) electrons. The van der Waals surface area contributed by atoms with Gasteiger partial charge in [0.25, 0.3) is 0 Å². The van der Waals surface area contributed by atoms with Crippen LogP contribution in [0.4, 0.5) is 0 Å². The first kappa shape index (κ1) is 9.85. The minimum Gasteiger partial charge on any atom is -0.330 e. The molecule has 0 bridgehead atoms. The van der Waals surface area contributed by atoms with E-state index in [9.17, 15) is 0 Å². The fraction of sp³-hybridized carbons (Fsp3) is 0.333. The molecule has 0 heterocycles. The second-order valence-electron chi connectivity index (χ2n) is 2.77. The van der Waals surface area contributed by atoms with Gasteiger partial charge in [-0.2, -0.15) is 0 Å². The largest absolute Gasteiger partial charge is 0.330 e. The van der Waals surface area contributed by atoms with Crippen LogP contribution in [0, 0.1) is 0 Å². The fourth-order valence-corrected chi connectivity index (χ4v) is 1.87. The van der Waals surface area contributed by atoms with E-state index < -0.39 is 0 Å². The Hall–Kier alpha value is -0.240. The molecule has 3 heteroatoms. The van der Waals surface area contributed by atoms with Gasteiger partial charge in [0.05, 0.1) is 0 Å². The molecule has 0 aromatic heterocycles. The first-order valence-electron chi connectivity index (χ1n) is 3.80. The van der Waals surface area contributed by atoms with Crippen LogP contribution in [-0.2, 0) is 0 Å². The van der Waals surface area contributed by atoms with Crippen LogP contribution in [0.25, 0.3) is 0 Å². The molecular formula is C9H11Cl2N. The third-order valence-electron chi connectivity index (χ3n) is 1.85. The summed E-state index contributed by atoms with van der Waals surface area (Å²) in [5, 5.41) is 1.39. The Morgan fingerprint density at radius 3 is 2.25 bits per heavy atom. The number of nitrogens with two attached hydrogens (primary N) is 1. The summed E-state index contributed by atoms with van der Waals surface area (Å²) >= 11 is 11.9. The molecule has 1 unspecified atom stereocenters. The van der Waals surface area contributed by atoms with Crippen LogP contribution in [0.5, 0.6) is 0 Å². The summed E-state index contributed by atoms with van der Waals surface area (Å²) in [6.45, 7) is 2.57. The van der Waals surface area contributed by atoms with Gasteiger partial charge in [-0.15, -0.1) is 0 Å². The Kier molecular flexibility index (Phi) is 3.39. The van der Waals surface area contributed by atoms with E-state index >= 15 is 0 Å². The lowest BCUT2D eigenvalue weighted by atomic mass is 10.0. The van der Waals surface area contributed by atoms with Crippen LogP contribution in [0.1, 0.15) is 18.4 Å². The van der Waals surface area contributed by atoms with E-state index in [0.717, 1.165) is 5.56 Å². The van der Waals surface area contributed by atoms with E-state index in [-0.39, 0.29) is 5.92 Å². The second kappa shape index (κ2) is 4.13. The minimum absolute atomic E-state index is 0.214. The Morgan fingerprint density at radius 1 is 1.33 bits per heavy atom. The molecule has 0 fully saturated rings. The van der Waals surface area contributed by atoms with E-state index in [4.69, 9.17) is 28.9 Å². The summed E-state index contributed by atoms with van der Waals surface area (Å²) in [6.07, 6.45) is 0. The summed E-state index contributed by atoms with van der Waals surface area (Å²) in [5.41, 5.74) is 6.47. The van der Waals surface area contributed by atoms with Crippen molar-refractivity contribution in [3.63, 3.8) is 0 Å². The second-order valence-corrected chi connectivity index (χ2v) is 3.59. The Bertz CT molecular complexity index is 253. The molecule has 1 aromatic carbocycles. The number of hydrogen-bond acceptors (Lipinski definition) is 1. The van der Waals surface area contributed by atoms with Crippen LogP contribution in [-0.4, -0.2) is 6.54 Å². The quantitative estimate of drug-likeness (QED) is 0.787. The van der Waals surface area contributed by atoms with Gasteiger partial charge in [-0.25, -0.2) is 0 Å². The lowest BCUT2D eigenvalue weighted by molar-refractivity contribution is 0.774. The molecule has 66 valence electrons. The van der Waals surface area contributed by atoms with Crippen LogP contribution in [0.2, 0.25) is 10.0 Å². The monoisotopic (exact) mass is 203 g/mol. The summed E-state index contributed by atoms with van der Waals surface area (Å²) in [6, 6.07) is 5.49. The van der Waals surface area contributed by atoms with Gasteiger partial charge in [-0.05, 0) is 30.2 Å². The van der Waals surface area contributed by atoms with Crippen molar-refractivity contribution in [2.75, 3.05) is 6.54 Å². The molecule has 0 saturated heterocycles. The first-order chi connectivity index (χ1) is 5.66. The van der Waals surface area contributed by atoms with Gasteiger partial charge in [0.2, 0.25) is 0 Å². The number of rotatable bonds is 2. The van der Waals surface area contributed by atoms with Crippen LogP contribution in [0.3, 0.4) is 0 Å². The van der Waals surface area contributed by atoms with E-state index in [2.05, 4.69) is 0 Å². The lowest BCUT2D eigenvalue weighted by Crippen LogP contribution is -2.09. The smallest absolute Gasteiger partial charge is 0.0456 e. The summed E-state index contributed by atoms with van der Waals surface area (Å²) in [5.74, 6) is 0.214. The predicted molar refractivity (Wildman–Crippen MR) is 53.9 cm³/mol. The van der Waals surface area contributed by atoms with Gasteiger partial charge in [-0.3, -0.25) is 0 Å². The zero-order valence-corrected chi connectivity index (χ0v) is 8.36. The number of halogens is 2. The van der Waals surface area contributed by atoms with Crippen molar-refractivity contribution < 1.29 is 0 Å². The SMILES string of the molecule is CC(CN)c1c(Cl)cccc1Cl. The highest BCUT2D eigenvalue weighted by molar-refractivity contribution is 6.36. The third-order valence-corrected chi connectivity index (χ3v) is 2.51. The highest BCUT2D eigenvalue weighted by Crippen LogP contribution is 2.30. The minimum atomic E-state index is 0.214. The van der Waals surface area contributed by atoms with Crippen LogP contribution >= 0.6 is 23.2 Å². The van der Waals surface area contributed by atoms with Gasteiger partial charge < -0.3 is 5.73 Å². The molecule has 1 aromatic rings. The first-order valence-corrected chi connectivity index (χ1v) is 4.56. The number of hydrogen-bond donors (Lipinski definition) is 1. The summed E-state index contributed by atoms with van der Waals surface area (Å²) in [4.78, 5) is 0. The average Bonchev–Trinajstić information content (AvgIpc) is 2.03. The van der Waals surface area contributed by atoms with Crippen LogP contribution in [0.15, 0.2) is 18.2 Å². The molecule has 0 aliphatic rings. The normalized spacial score (nSPS) is 13.0. The zero-order chi connectivity index (χ0) is 9.14. The Balaban J connectivity index is 3.12. The Morgan fingerprint density at radius 2 is 1.83 bits per heavy atom. The molecule has 0 spiro atoms. The van der Waals surface area contributed by atoms with Crippen molar-refractivity contribution in [3.05, 3.63) is 33.8 Å². The molecule has 0 aliphatic carbocycles. The summed E-state index contributed by atoms with van der Waals surface area (Å²) < 4.78 is 0. The highest BCUT2D eigenvalue weighted by Gasteiger charge is 2.11. The maximum atomic E-state index is 5.96. The van der Waals surface area contributed by atoms with Crippen molar-refractivity contribution in [3.8, 4) is 0 Å². The van der Waals surface area contributed by atoms with Crippen LogP contribution < -0.4 is 5.73 Å². The molecule has 0 aliphatic heterocycles. The molecule has 1 nitrogen and oxygen atoms in total. The van der Waals surface area contributed by atoms with E-state index in [0.29, 0.717) is 16.6 Å². The summed E-state index contributed by atoms with van der Waals surface area (Å²) in [7, 11) is 0. The van der Waals surface area contributed by atoms with Gasteiger partial charge in [0, 0.05) is 10.0 Å². The zero-order valence-electron chi connectivity index (χ0n) is 6.85. The molecule has 1 atom stereocenters. The van der Waals surface area contributed by atoms with E-state index in [1.807, 2.05) is 25.1 Å². The van der Waals surface area contributed by atoms with Gasteiger partial charge >= 0.3 is 0 Å². The molecular weight excluding hydrogens is 193 g/mol. The molecule has 0 amide bonds. The van der Waals surface area contributed by atoms with Gasteiger partial charge in [0.1, 0.15) is 0 Å². The fourth-order valence-electron chi connectivity index (χ4n) is 1.10. The average molecular weight is 204 g/mol. The topological polar surface area (TPSA) is 26.0 Å². The maximum absolute atomic E-state index is 5.96. The number of benzene rings is 1. The van der Waals surface area contributed by atoms with E-state index in [1.54, 1.807) is 0 Å². The lowest BCUT2D eigenvalue weighted by Gasteiger charge is -2.12. The maximum Gasteiger partial charge on any atom is 0.0456 e. The van der Waals surface area contributed by atoms with Crippen molar-refractivity contribution in [1.29, 1.82) is 0 Å². The van der Waals surface area contributed by atoms with Gasteiger partial charge in [0.15, 0.2) is 0 Å². The van der Waals surface area contributed by atoms with Crippen molar-refractivity contribution in [2.24, 2.45) is 5.73 Å². The molecule has 12 heavy (non-hydrogen) atoms. The standard InChI is InChI=1S/C9H11Cl2N/c1-6(5-12)9-7(10)3-2-4-8(9)11/h2-4,6H,5,12H2,1H3. The molecule has 0 saturated carbocycles. The van der Waals surface area contributed by atoms with Gasteiger partial charge in [-0.1, -0.05) is 36.2 Å². The predicted octanol–water partition coefficient (Wildman–Crippen LogP) is 3.06. The molecule has 1 rings (SSSR count). The highest BCUT2D eigenvalue weighted by atomic mass is 35.5. The molecule has 2 N–H and O–H groups in total. The Labute approximate surface area is 82.5 Å². The van der Waals surface area contributed by atoms with Crippen molar-refractivity contribution in [2.45, 2.75) is 12.8 Å². The van der Waals surface area contributed by atoms with E-state index in [1.165, 1.54) is 0 Å². The van der Waals surface area contributed by atoms with Crippen molar-refractivity contribution in [1.82, 2.24) is 0 Å². The third kappa shape index (κ3) is 1.92.